The van der Waals surface area contributed by atoms with Gasteiger partial charge in [-0.2, -0.15) is 0 Å². The third-order valence-corrected chi connectivity index (χ3v) is 4.14. The van der Waals surface area contributed by atoms with Gasteiger partial charge in [0.2, 0.25) is 0 Å². The minimum absolute atomic E-state index is 0.0124. The topological polar surface area (TPSA) is 67.2 Å². The summed E-state index contributed by atoms with van der Waals surface area (Å²) < 4.78 is 1.41. The lowest BCUT2D eigenvalue weighted by Crippen LogP contribution is -2.40. The van der Waals surface area contributed by atoms with E-state index in [0.717, 1.165) is 6.42 Å². The molecule has 24 heavy (non-hydrogen) atoms. The molecule has 2 aromatic rings. The number of hydrogen-bond acceptors (Lipinski definition) is 4. The Bertz CT molecular complexity index is 859. The second-order valence-corrected chi connectivity index (χ2v) is 7.18. The van der Waals surface area contributed by atoms with Crippen LogP contribution in [0, 0.1) is 5.41 Å². The van der Waals surface area contributed by atoms with E-state index in [1.54, 1.807) is 12.1 Å². The van der Waals surface area contributed by atoms with Crippen molar-refractivity contribution in [1.82, 2.24) is 9.66 Å². The van der Waals surface area contributed by atoms with Gasteiger partial charge in [0.05, 0.1) is 16.9 Å². The largest absolute Gasteiger partial charge is 0.385 e. The molecule has 126 valence electrons. The van der Waals surface area contributed by atoms with Gasteiger partial charge in [-0.1, -0.05) is 57.2 Å². The zero-order valence-electron chi connectivity index (χ0n) is 14.2. The van der Waals surface area contributed by atoms with Gasteiger partial charge < -0.3 is 10.5 Å². The molecule has 1 unspecified atom stereocenters. The van der Waals surface area contributed by atoms with E-state index >= 15 is 0 Å². The van der Waals surface area contributed by atoms with Crippen molar-refractivity contribution in [2.45, 2.75) is 39.3 Å². The molecule has 0 radical (unpaired) electrons. The summed E-state index contributed by atoms with van der Waals surface area (Å²) in [5.41, 5.74) is 3.17. The van der Waals surface area contributed by atoms with Crippen LogP contribution in [0.25, 0.3) is 10.9 Å². The number of rotatable bonds is 3. The molecular weight excluding hydrogens is 302 g/mol. The summed E-state index contributed by atoms with van der Waals surface area (Å²) in [5, 5.41) is 11.3. The number of fused-ring (bicyclic) bond motifs is 1. The van der Waals surface area contributed by atoms with Crippen LogP contribution in [0.5, 0.6) is 0 Å². The number of benzene rings is 1. The monoisotopic (exact) mass is 325 g/mol. The first-order valence-corrected chi connectivity index (χ1v) is 8.17. The molecule has 2 N–H and O–H groups in total. The lowest BCUT2D eigenvalue weighted by atomic mass is 9.88. The summed E-state index contributed by atoms with van der Waals surface area (Å²) in [6, 6.07) is 7.20. The van der Waals surface area contributed by atoms with E-state index in [0.29, 0.717) is 16.7 Å². The fraction of sp³-hybridized carbons (Fsp3) is 0.368. The van der Waals surface area contributed by atoms with Crippen molar-refractivity contribution in [2.75, 3.05) is 5.43 Å². The Balaban J connectivity index is 2.16. The van der Waals surface area contributed by atoms with Crippen LogP contribution in [-0.2, 0) is 0 Å². The minimum atomic E-state index is -0.870. The Hall–Kier alpha value is -2.40. The van der Waals surface area contributed by atoms with Gasteiger partial charge in [-0.05, 0) is 24.0 Å². The summed E-state index contributed by atoms with van der Waals surface area (Å²) in [6.07, 6.45) is 7.86. The number of nitrogens with zero attached hydrogens (tertiary/aromatic N) is 2. The summed E-state index contributed by atoms with van der Waals surface area (Å²) in [6.45, 7) is 5.77. The molecule has 5 nitrogen and oxygen atoms in total. The Morgan fingerprint density at radius 3 is 2.71 bits per heavy atom. The molecule has 1 aliphatic rings. The number of para-hydroxylation sites is 1. The van der Waals surface area contributed by atoms with Crippen molar-refractivity contribution in [2.24, 2.45) is 5.41 Å². The highest BCUT2D eigenvalue weighted by Crippen LogP contribution is 2.31. The molecule has 0 bridgehead atoms. The summed E-state index contributed by atoms with van der Waals surface area (Å²) in [4.78, 5) is 17.5. The predicted molar refractivity (Wildman–Crippen MR) is 96.5 cm³/mol. The van der Waals surface area contributed by atoms with Crippen LogP contribution in [0.1, 0.15) is 39.1 Å². The molecule has 1 aliphatic carbocycles. The molecule has 0 aliphatic heterocycles. The van der Waals surface area contributed by atoms with Crippen molar-refractivity contribution < 1.29 is 5.11 Å². The fourth-order valence-electron chi connectivity index (χ4n) is 2.69. The molecule has 0 saturated heterocycles. The van der Waals surface area contributed by atoms with Gasteiger partial charge in [0.1, 0.15) is 6.10 Å². The van der Waals surface area contributed by atoms with E-state index in [1.807, 2.05) is 57.2 Å². The number of hydrogen-bond donors (Lipinski definition) is 2. The van der Waals surface area contributed by atoms with E-state index in [2.05, 4.69) is 10.4 Å². The number of allylic oxidation sites excluding steroid dienone is 2. The first-order valence-electron chi connectivity index (χ1n) is 8.17. The van der Waals surface area contributed by atoms with Crippen LogP contribution >= 0.6 is 0 Å². The first-order chi connectivity index (χ1) is 11.4. The predicted octanol–water partition coefficient (Wildman–Crippen LogP) is 2.90. The highest BCUT2D eigenvalue weighted by Gasteiger charge is 2.29. The SMILES string of the molecule is CC(C)(C)[C@H](O)c1nc2ccccc2c(=O)n1NC1C=CC=CC1. The highest BCUT2D eigenvalue weighted by molar-refractivity contribution is 5.77. The lowest BCUT2D eigenvalue weighted by Gasteiger charge is -2.29. The minimum Gasteiger partial charge on any atom is -0.385 e. The van der Waals surface area contributed by atoms with Gasteiger partial charge in [0.25, 0.3) is 5.56 Å². The number of aliphatic hydroxyl groups excluding tert-OH is 1. The lowest BCUT2D eigenvalue weighted by molar-refractivity contribution is 0.0517. The maximum atomic E-state index is 13.0. The molecule has 1 heterocycles. The fourth-order valence-corrected chi connectivity index (χ4v) is 2.69. The van der Waals surface area contributed by atoms with Gasteiger partial charge in [0.15, 0.2) is 5.82 Å². The first kappa shape index (κ1) is 16.5. The molecule has 0 saturated carbocycles. The van der Waals surface area contributed by atoms with Crippen molar-refractivity contribution in [1.29, 1.82) is 0 Å². The van der Waals surface area contributed by atoms with Crippen LogP contribution in [0.4, 0.5) is 0 Å². The van der Waals surface area contributed by atoms with Crippen molar-refractivity contribution in [3.63, 3.8) is 0 Å². The summed E-state index contributed by atoms with van der Waals surface area (Å²) in [5.74, 6) is 0.342. The van der Waals surface area contributed by atoms with Gasteiger partial charge in [-0.25, -0.2) is 9.66 Å². The third-order valence-electron chi connectivity index (χ3n) is 4.14. The summed E-state index contributed by atoms with van der Waals surface area (Å²) in [7, 11) is 0. The summed E-state index contributed by atoms with van der Waals surface area (Å²) >= 11 is 0. The number of nitrogens with one attached hydrogen (secondary N) is 1. The molecule has 3 rings (SSSR count). The van der Waals surface area contributed by atoms with Gasteiger partial charge in [0, 0.05) is 0 Å². The van der Waals surface area contributed by atoms with Gasteiger partial charge in [-0.3, -0.25) is 4.79 Å². The van der Waals surface area contributed by atoms with Crippen LogP contribution in [0.3, 0.4) is 0 Å². The Morgan fingerprint density at radius 2 is 2.04 bits per heavy atom. The second-order valence-electron chi connectivity index (χ2n) is 7.18. The normalized spacial score (nSPS) is 18.8. The molecule has 0 amide bonds. The van der Waals surface area contributed by atoms with E-state index < -0.39 is 11.5 Å². The standard InChI is InChI=1S/C19H23N3O2/c1-19(2,3)16(23)17-20-15-12-8-7-11-14(15)18(24)22(17)21-13-9-5-4-6-10-13/h4-9,11-13,16,21,23H,10H2,1-3H3/t13?,16-/m1/s1. The maximum Gasteiger partial charge on any atom is 0.280 e. The Morgan fingerprint density at radius 1 is 1.29 bits per heavy atom. The van der Waals surface area contributed by atoms with Crippen LogP contribution in [0.15, 0.2) is 53.4 Å². The Kier molecular flexibility index (Phi) is 4.28. The highest BCUT2D eigenvalue weighted by atomic mass is 16.3. The molecule has 1 aromatic carbocycles. The Labute approximate surface area is 141 Å². The average molecular weight is 325 g/mol. The van der Waals surface area contributed by atoms with Crippen molar-refractivity contribution >= 4 is 10.9 Å². The number of aliphatic hydroxyl groups is 1. The number of aromatic nitrogens is 2. The van der Waals surface area contributed by atoms with Gasteiger partial charge in [-0.15, -0.1) is 0 Å². The van der Waals surface area contributed by atoms with E-state index in [1.165, 1.54) is 4.68 Å². The average Bonchev–Trinajstić information content (AvgIpc) is 2.57. The van der Waals surface area contributed by atoms with Crippen LogP contribution in [0.2, 0.25) is 0 Å². The quantitative estimate of drug-likeness (QED) is 0.910. The van der Waals surface area contributed by atoms with E-state index in [9.17, 15) is 9.90 Å². The zero-order valence-corrected chi connectivity index (χ0v) is 14.2. The molecule has 1 aromatic heterocycles. The molecule has 2 atom stereocenters. The van der Waals surface area contributed by atoms with Crippen LogP contribution < -0.4 is 11.0 Å². The van der Waals surface area contributed by atoms with Crippen molar-refractivity contribution in [3.8, 4) is 0 Å². The zero-order chi connectivity index (χ0) is 17.3. The van der Waals surface area contributed by atoms with E-state index in [4.69, 9.17) is 0 Å². The van der Waals surface area contributed by atoms with Crippen LogP contribution in [-0.4, -0.2) is 20.8 Å². The molecule has 5 heteroatoms. The maximum absolute atomic E-state index is 13.0. The molecule has 0 fully saturated rings. The molecular formula is C19H23N3O2. The second kappa shape index (κ2) is 6.24. The molecule has 0 spiro atoms. The van der Waals surface area contributed by atoms with E-state index in [-0.39, 0.29) is 11.6 Å². The third kappa shape index (κ3) is 3.12. The van der Waals surface area contributed by atoms with Gasteiger partial charge >= 0.3 is 0 Å². The van der Waals surface area contributed by atoms with Crippen molar-refractivity contribution in [3.05, 3.63) is 64.7 Å². The smallest absolute Gasteiger partial charge is 0.280 e.